The van der Waals surface area contributed by atoms with Gasteiger partial charge in [0.15, 0.2) is 0 Å². The molecule has 0 fully saturated rings. The van der Waals surface area contributed by atoms with Crippen LogP contribution in [0.3, 0.4) is 0 Å². The van der Waals surface area contributed by atoms with Gasteiger partial charge in [0.1, 0.15) is 6.23 Å². The summed E-state index contributed by atoms with van der Waals surface area (Å²) in [7, 11) is 2.08. The molecule has 0 radical (unpaired) electrons. The largest absolute Gasteiger partial charge is 0.390 e. The van der Waals surface area contributed by atoms with Crippen molar-refractivity contribution in [1.82, 2.24) is 4.90 Å². The van der Waals surface area contributed by atoms with E-state index in [0.29, 0.717) is 5.00 Å². The summed E-state index contributed by atoms with van der Waals surface area (Å²) in [5.74, 6) is 0. The number of aliphatic hydroxyl groups excluding tert-OH is 1. The maximum absolute atomic E-state index is 9.41. The Bertz CT molecular complexity index is 348. The predicted molar refractivity (Wildman–Crippen MR) is 57.9 cm³/mol. The third-order valence-electron chi connectivity index (χ3n) is 2.61. The number of aliphatic hydroxyl groups is 1. The molecular formula is C9H15N3OS. The average molecular weight is 213 g/mol. The second-order valence-corrected chi connectivity index (χ2v) is 4.85. The topological polar surface area (TPSA) is 75.5 Å². The molecule has 4 nitrogen and oxygen atoms in total. The monoisotopic (exact) mass is 213 g/mol. The van der Waals surface area contributed by atoms with Gasteiger partial charge in [0.25, 0.3) is 0 Å². The SMILES string of the molecule is CN1CCc2c(sc(N)c2C(N)O)C1. The molecule has 1 atom stereocenters. The first-order valence-electron chi connectivity index (χ1n) is 4.61. The van der Waals surface area contributed by atoms with Crippen molar-refractivity contribution in [3.8, 4) is 0 Å². The third-order valence-corrected chi connectivity index (χ3v) is 3.67. The van der Waals surface area contributed by atoms with E-state index in [0.717, 1.165) is 25.1 Å². The van der Waals surface area contributed by atoms with E-state index in [1.54, 1.807) is 11.3 Å². The Morgan fingerprint density at radius 2 is 2.29 bits per heavy atom. The molecule has 1 aromatic rings. The average Bonchev–Trinajstić information content (AvgIpc) is 2.39. The number of nitrogen functional groups attached to an aromatic ring is 1. The molecule has 0 saturated carbocycles. The fourth-order valence-corrected chi connectivity index (χ4v) is 3.14. The molecule has 5 N–H and O–H groups in total. The lowest BCUT2D eigenvalue weighted by Gasteiger charge is -2.23. The van der Waals surface area contributed by atoms with E-state index in [1.807, 2.05) is 0 Å². The minimum absolute atomic E-state index is 0.667. The maximum atomic E-state index is 9.41. The van der Waals surface area contributed by atoms with Crippen molar-refractivity contribution in [2.75, 3.05) is 19.3 Å². The molecule has 1 unspecified atom stereocenters. The maximum Gasteiger partial charge on any atom is 0.131 e. The molecule has 2 rings (SSSR count). The van der Waals surface area contributed by atoms with Crippen LogP contribution >= 0.6 is 11.3 Å². The summed E-state index contributed by atoms with van der Waals surface area (Å²) < 4.78 is 0. The van der Waals surface area contributed by atoms with Gasteiger partial charge in [0.2, 0.25) is 0 Å². The number of nitrogens with zero attached hydrogens (tertiary/aromatic N) is 1. The Hall–Kier alpha value is -0.620. The Balaban J connectivity index is 2.43. The lowest BCUT2D eigenvalue weighted by atomic mass is 10.0. The lowest BCUT2D eigenvalue weighted by Crippen LogP contribution is -2.26. The second kappa shape index (κ2) is 3.51. The molecule has 2 heterocycles. The van der Waals surface area contributed by atoms with Crippen LogP contribution in [0.25, 0.3) is 0 Å². The Kier molecular flexibility index (Phi) is 2.48. The van der Waals surface area contributed by atoms with E-state index in [-0.39, 0.29) is 0 Å². The zero-order valence-electron chi connectivity index (χ0n) is 8.16. The molecule has 0 bridgehead atoms. The van der Waals surface area contributed by atoms with Crippen LogP contribution in [0.15, 0.2) is 0 Å². The number of anilines is 1. The summed E-state index contributed by atoms with van der Waals surface area (Å²) in [5, 5.41) is 10.1. The Morgan fingerprint density at radius 1 is 1.57 bits per heavy atom. The van der Waals surface area contributed by atoms with Crippen molar-refractivity contribution in [1.29, 1.82) is 0 Å². The van der Waals surface area contributed by atoms with Crippen LogP contribution in [-0.4, -0.2) is 23.6 Å². The van der Waals surface area contributed by atoms with E-state index >= 15 is 0 Å². The smallest absolute Gasteiger partial charge is 0.131 e. The molecule has 1 aliphatic heterocycles. The molecule has 0 saturated heterocycles. The molecule has 0 aromatic carbocycles. The van der Waals surface area contributed by atoms with Gasteiger partial charge in [0, 0.05) is 23.5 Å². The van der Waals surface area contributed by atoms with Crippen molar-refractivity contribution >= 4 is 16.3 Å². The van der Waals surface area contributed by atoms with E-state index in [9.17, 15) is 5.11 Å². The number of hydrogen-bond acceptors (Lipinski definition) is 5. The highest BCUT2D eigenvalue weighted by Gasteiger charge is 2.23. The first-order chi connectivity index (χ1) is 6.59. The van der Waals surface area contributed by atoms with Gasteiger partial charge in [-0.25, -0.2) is 0 Å². The van der Waals surface area contributed by atoms with Crippen LogP contribution in [0.2, 0.25) is 0 Å². The highest BCUT2D eigenvalue weighted by Crippen LogP contribution is 2.36. The van der Waals surface area contributed by atoms with Crippen LogP contribution in [0.1, 0.15) is 22.2 Å². The summed E-state index contributed by atoms with van der Waals surface area (Å²) in [4.78, 5) is 3.49. The van der Waals surface area contributed by atoms with Gasteiger partial charge >= 0.3 is 0 Å². The number of thiophene rings is 1. The van der Waals surface area contributed by atoms with Crippen LogP contribution in [0, 0.1) is 0 Å². The van der Waals surface area contributed by atoms with Gasteiger partial charge in [-0.05, 0) is 19.0 Å². The van der Waals surface area contributed by atoms with Crippen LogP contribution in [0.5, 0.6) is 0 Å². The standard InChI is InChI=1S/C9H15N3OS/c1-12-3-2-5-6(4-12)14-9(11)7(5)8(10)13/h8,13H,2-4,10-11H2,1H3. The fourth-order valence-electron chi connectivity index (χ4n) is 1.90. The number of nitrogens with two attached hydrogens (primary N) is 2. The summed E-state index contributed by atoms with van der Waals surface area (Å²) in [6.45, 7) is 1.92. The molecule has 5 heteroatoms. The Morgan fingerprint density at radius 3 is 2.93 bits per heavy atom. The van der Waals surface area contributed by atoms with Gasteiger partial charge in [-0.3, -0.25) is 0 Å². The normalized spacial score (nSPS) is 19.4. The molecule has 1 aromatic heterocycles. The van der Waals surface area contributed by atoms with Gasteiger partial charge < -0.3 is 21.5 Å². The minimum atomic E-state index is -0.932. The number of rotatable bonds is 1. The summed E-state index contributed by atoms with van der Waals surface area (Å²) in [5.41, 5.74) is 13.2. The van der Waals surface area contributed by atoms with E-state index in [2.05, 4.69) is 11.9 Å². The van der Waals surface area contributed by atoms with E-state index in [4.69, 9.17) is 11.5 Å². The van der Waals surface area contributed by atoms with Gasteiger partial charge in [-0.1, -0.05) is 0 Å². The quantitative estimate of drug-likeness (QED) is 0.585. The van der Waals surface area contributed by atoms with Crippen LogP contribution in [0.4, 0.5) is 5.00 Å². The Labute approximate surface area is 87.1 Å². The molecule has 0 aliphatic carbocycles. The summed E-state index contributed by atoms with van der Waals surface area (Å²) in [6, 6.07) is 0. The van der Waals surface area contributed by atoms with E-state index < -0.39 is 6.23 Å². The first kappa shape index (κ1) is 9.92. The third kappa shape index (κ3) is 1.52. The van der Waals surface area contributed by atoms with Crippen molar-refractivity contribution in [2.45, 2.75) is 19.2 Å². The second-order valence-electron chi connectivity index (χ2n) is 3.71. The lowest BCUT2D eigenvalue weighted by molar-refractivity contribution is 0.185. The fraction of sp³-hybridized carbons (Fsp3) is 0.556. The first-order valence-corrected chi connectivity index (χ1v) is 5.43. The van der Waals surface area contributed by atoms with Crippen LogP contribution < -0.4 is 11.5 Å². The van der Waals surface area contributed by atoms with Crippen molar-refractivity contribution in [3.05, 3.63) is 16.0 Å². The molecule has 78 valence electrons. The summed E-state index contributed by atoms with van der Waals surface area (Å²) in [6.07, 6.45) is 0.00163. The molecule has 0 spiro atoms. The molecule has 14 heavy (non-hydrogen) atoms. The summed E-state index contributed by atoms with van der Waals surface area (Å²) >= 11 is 1.54. The number of hydrogen-bond donors (Lipinski definition) is 3. The molecule has 1 aliphatic rings. The minimum Gasteiger partial charge on any atom is -0.390 e. The van der Waals surface area contributed by atoms with Gasteiger partial charge in [-0.2, -0.15) is 0 Å². The molecule has 0 amide bonds. The highest BCUT2D eigenvalue weighted by molar-refractivity contribution is 7.16. The van der Waals surface area contributed by atoms with Crippen molar-refractivity contribution in [3.63, 3.8) is 0 Å². The zero-order chi connectivity index (χ0) is 10.3. The van der Waals surface area contributed by atoms with Crippen LogP contribution in [-0.2, 0) is 13.0 Å². The van der Waals surface area contributed by atoms with Crippen molar-refractivity contribution in [2.24, 2.45) is 5.73 Å². The number of likely N-dealkylation sites (N-methyl/N-ethyl adjacent to an activating group) is 1. The number of fused-ring (bicyclic) bond motifs is 1. The highest BCUT2D eigenvalue weighted by atomic mass is 32.1. The zero-order valence-corrected chi connectivity index (χ0v) is 8.97. The predicted octanol–water partition coefficient (Wildman–Crippen LogP) is 0.268. The van der Waals surface area contributed by atoms with Crippen molar-refractivity contribution < 1.29 is 5.11 Å². The van der Waals surface area contributed by atoms with Gasteiger partial charge in [0.05, 0.1) is 5.00 Å². The molecular weight excluding hydrogens is 198 g/mol. The van der Waals surface area contributed by atoms with Gasteiger partial charge in [-0.15, -0.1) is 11.3 Å². The van der Waals surface area contributed by atoms with E-state index in [1.165, 1.54) is 10.4 Å².